The summed E-state index contributed by atoms with van der Waals surface area (Å²) in [5.74, 6) is -0.162. The van der Waals surface area contributed by atoms with Gasteiger partial charge in [0.2, 0.25) is 0 Å². The molecule has 0 spiro atoms. The lowest BCUT2D eigenvalue weighted by Gasteiger charge is -2.38. The largest absolute Gasteiger partial charge is 0.480 e. The van der Waals surface area contributed by atoms with Crippen LogP contribution in [-0.2, 0) is 4.79 Å². The third kappa shape index (κ3) is 3.96. The maximum absolute atomic E-state index is 10.9. The van der Waals surface area contributed by atoms with Crippen LogP contribution in [0.2, 0.25) is 0 Å². The van der Waals surface area contributed by atoms with Gasteiger partial charge < -0.3 is 15.7 Å². The number of hydrogen-bond donors (Lipinski definition) is 2. The van der Waals surface area contributed by atoms with E-state index in [9.17, 15) is 4.79 Å². The number of hydrogen-bond acceptors (Lipinski definition) is 3. The summed E-state index contributed by atoms with van der Waals surface area (Å²) in [6.07, 6.45) is 3.96. The predicted octanol–water partition coefficient (Wildman–Crippen LogP) is 1.69. The predicted molar refractivity (Wildman–Crippen MR) is 68.9 cm³/mol. The fourth-order valence-electron chi connectivity index (χ4n) is 2.49. The van der Waals surface area contributed by atoms with Gasteiger partial charge in [0.05, 0.1) is 0 Å². The zero-order valence-corrected chi connectivity index (χ0v) is 11.3. The molecule has 0 aromatic heterocycles. The summed E-state index contributed by atoms with van der Waals surface area (Å²) in [6.45, 7) is 8.26. The fraction of sp³-hybridized carbons (Fsp3) is 0.923. The molecule has 1 heterocycles. The molecule has 0 saturated carbocycles. The van der Waals surface area contributed by atoms with Crippen molar-refractivity contribution in [2.75, 3.05) is 13.1 Å². The zero-order valence-electron chi connectivity index (χ0n) is 11.3. The topological polar surface area (TPSA) is 66.6 Å². The van der Waals surface area contributed by atoms with Crippen LogP contribution in [-0.4, -0.2) is 40.6 Å². The van der Waals surface area contributed by atoms with Crippen LogP contribution >= 0.6 is 0 Å². The van der Waals surface area contributed by atoms with E-state index in [0.29, 0.717) is 12.5 Å². The van der Waals surface area contributed by atoms with Crippen LogP contribution in [0, 0.1) is 5.92 Å². The van der Waals surface area contributed by atoms with Gasteiger partial charge in [-0.3, -0.25) is 4.79 Å². The molecular formula is C13H26N2O2. The van der Waals surface area contributed by atoms with Crippen LogP contribution in [0.3, 0.4) is 0 Å². The molecule has 3 atom stereocenters. The Bertz CT molecular complexity index is 266. The first kappa shape index (κ1) is 14.5. The van der Waals surface area contributed by atoms with Crippen molar-refractivity contribution in [2.24, 2.45) is 11.7 Å². The van der Waals surface area contributed by atoms with Gasteiger partial charge in [0.15, 0.2) is 0 Å². The van der Waals surface area contributed by atoms with Gasteiger partial charge >= 0.3 is 5.97 Å². The summed E-state index contributed by atoms with van der Waals surface area (Å²) < 4.78 is 0. The molecule has 0 aliphatic carbocycles. The van der Waals surface area contributed by atoms with Gasteiger partial charge in [-0.25, -0.2) is 0 Å². The van der Waals surface area contributed by atoms with Gasteiger partial charge in [0, 0.05) is 6.04 Å². The van der Waals surface area contributed by atoms with Crippen molar-refractivity contribution in [2.45, 2.75) is 58.0 Å². The van der Waals surface area contributed by atoms with Crippen molar-refractivity contribution >= 4 is 5.97 Å². The molecule has 0 amide bonds. The second-order valence-corrected chi connectivity index (χ2v) is 5.72. The smallest absolute Gasteiger partial charge is 0.323 e. The first-order valence-corrected chi connectivity index (χ1v) is 6.61. The van der Waals surface area contributed by atoms with E-state index in [-0.39, 0.29) is 0 Å². The molecule has 17 heavy (non-hydrogen) atoms. The number of carbonyl (C=O) groups is 1. The van der Waals surface area contributed by atoms with E-state index in [0.717, 1.165) is 25.4 Å². The van der Waals surface area contributed by atoms with Gasteiger partial charge in [-0.1, -0.05) is 6.92 Å². The number of piperidine rings is 1. The Morgan fingerprint density at radius 1 is 1.53 bits per heavy atom. The molecule has 0 aromatic rings. The quantitative estimate of drug-likeness (QED) is 0.770. The Morgan fingerprint density at radius 3 is 2.76 bits per heavy atom. The molecule has 0 aromatic carbocycles. The van der Waals surface area contributed by atoms with E-state index < -0.39 is 11.5 Å². The van der Waals surface area contributed by atoms with E-state index in [1.165, 1.54) is 12.8 Å². The summed E-state index contributed by atoms with van der Waals surface area (Å²) in [5.41, 5.74) is 4.64. The Hall–Kier alpha value is -0.610. The standard InChI is InChI=1S/C13H26N2O2/c1-10-6-4-8-15(11(10)2)9-5-7-13(3,14)12(16)17/h10-11H,4-9,14H2,1-3H3,(H,16,17). The molecule has 1 aliphatic heterocycles. The third-order valence-corrected chi connectivity index (χ3v) is 4.13. The van der Waals surface area contributed by atoms with Crippen molar-refractivity contribution < 1.29 is 9.90 Å². The van der Waals surface area contributed by atoms with E-state index >= 15 is 0 Å². The minimum atomic E-state index is -1.08. The number of nitrogens with zero attached hydrogens (tertiary/aromatic N) is 1. The Kier molecular flexibility index (Phi) is 4.95. The molecule has 0 radical (unpaired) electrons. The third-order valence-electron chi connectivity index (χ3n) is 4.13. The van der Waals surface area contributed by atoms with Crippen molar-refractivity contribution in [3.63, 3.8) is 0 Å². The van der Waals surface area contributed by atoms with Crippen molar-refractivity contribution in [3.8, 4) is 0 Å². The molecular weight excluding hydrogens is 216 g/mol. The maximum Gasteiger partial charge on any atom is 0.323 e. The summed E-state index contributed by atoms with van der Waals surface area (Å²) in [5, 5.41) is 8.93. The second kappa shape index (κ2) is 5.83. The fourth-order valence-corrected chi connectivity index (χ4v) is 2.49. The molecule has 0 bridgehead atoms. The van der Waals surface area contributed by atoms with Gasteiger partial charge in [-0.15, -0.1) is 0 Å². The van der Waals surface area contributed by atoms with Gasteiger partial charge in [-0.2, -0.15) is 0 Å². The Labute approximate surface area is 104 Å². The maximum atomic E-state index is 10.9. The zero-order chi connectivity index (χ0) is 13.1. The summed E-state index contributed by atoms with van der Waals surface area (Å²) in [7, 11) is 0. The normalized spacial score (nSPS) is 29.9. The van der Waals surface area contributed by atoms with Crippen LogP contribution < -0.4 is 5.73 Å². The lowest BCUT2D eigenvalue weighted by molar-refractivity contribution is -0.143. The molecule has 3 unspecified atom stereocenters. The number of nitrogens with two attached hydrogens (primary N) is 1. The lowest BCUT2D eigenvalue weighted by atomic mass is 9.91. The van der Waals surface area contributed by atoms with Gasteiger partial charge in [0.1, 0.15) is 5.54 Å². The van der Waals surface area contributed by atoms with Crippen LogP contribution in [0.15, 0.2) is 0 Å². The van der Waals surface area contributed by atoms with E-state index in [1.54, 1.807) is 6.92 Å². The van der Waals surface area contributed by atoms with E-state index in [2.05, 4.69) is 18.7 Å². The summed E-state index contributed by atoms with van der Waals surface area (Å²) >= 11 is 0. The average Bonchev–Trinajstić information content (AvgIpc) is 2.24. The van der Waals surface area contributed by atoms with Crippen LogP contribution in [0.4, 0.5) is 0 Å². The molecule has 100 valence electrons. The summed E-state index contributed by atoms with van der Waals surface area (Å²) in [4.78, 5) is 13.3. The van der Waals surface area contributed by atoms with Crippen molar-refractivity contribution in [1.82, 2.24) is 4.90 Å². The number of rotatable bonds is 5. The average molecular weight is 242 g/mol. The lowest BCUT2D eigenvalue weighted by Crippen LogP contribution is -2.46. The molecule has 3 N–H and O–H groups in total. The first-order valence-electron chi connectivity index (χ1n) is 6.61. The Balaban J connectivity index is 2.33. The molecule has 4 nitrogen and oxygen atoms in total. The van der Waals surface area contributed by atoms with E-state index in [4.69, 9.17) is 10.8 Å². The minimum Gasteiger partial charge on any atom is -0.480 e. The van der Waals surface area contributed by atoms with Crippen LogP contribution in [0.1, 0.15) is 46.5 Å². The minimum absolute atomic E-state index is 0.542. The molecule has 1 fully saturated rings. The first-order chi connectivity index (χ1) is 7.84. The molecule has 1 rings (SSSR count). The van der Waals surface area contributed by atoms with Crippen molar-refractivity contribution in [3.05, 3.63) is 0 Å². The molecule has 1 aliphatic rings. The van der Waals surface area contributed by atoms with Crippen molar-refractivity contribution in [1.29, 1.82) is 0 Å². The SMILES string of the molecule is CC1CCCN(CCCC(C)(N)C(=O)O)C1C. The molecule has 1 saturated heterocycles. The number of aliphatic carboxylic acids is 1. The van der Waals surface area contributed by atoms with Crippen LogP contribution in [0.25, 0.3) is 0 Å². The summed E-state index contributed by atoms with van der Waals surface area (Å²) in [6, 6.07) is 0.609. The highest BCUT2D eigenvalue weighted by Gasteiger charge is 2.29. The Morgan fingerprint density at radius 2 is 2.18 bits per heavy atom. The van der Waals surface area contributed by atoms with Gasteiger partial charge in [0.25, 0.3) is 0 Å². The second-order valence-electron chi connectivity index (χ2n) is 5.72. The van der Waals surface area contributed by atoms with Crippen LogP contribution in [0.5, 0.6) is 0 Å². The van der Waals surface area contributed by atoms with Gasteiger partial charge in [-0.05, 0) is 58.5 Å². The monoisotopic (exact) mass is 242 g/mol. The highest BCUT2D eigenvalue weighted by molar-refractivity contribution is 5.77. The van der Waals surface area contributed by atoms with E-state index in [1.807, 2.05) is 0 Å². The highest BCUT2D eigenvalue weighted by atomic mass is 16.4. The number of likely N-dealkylation sites (tertiary alicyclic amines) is 1. The highest BCUT2D eigenvalue weighted by Crippen LogP contribution is 2.23. The molecule has 4 heteroatoms. The number of carboxylic acids is 1. The number of carboxylic acid groups (broad SMARTS) is 1.